The van der Waals surface area contributed by atoms with Crippen LogP contribution in [0, 0.1) is 5.92 Å². The predicted octanol–water partition coefficient (Wildman–Crippen LogP) is 2.96. The molecule has 1 atom stereocenters. The molecule has 2 fully saturated rings. The van der Waals surface area contributed by atoms with E-state index in [0.717, 1.165) is 38.9 Å². The monoisotopic (exact) mass is 300 g/mol. The summed E-state index contributed by atoms with van der Waals surface area (Å²) < 4.78 is 0. The van der Waals surface area contributed by atoms with E-state index < -0.39 is 0 Å². The molecule has 2 aliphatic rings. The molecule has 3 heteroatoms. The molecule has 0 bridgehead atoms. The Morgan fingerprint density at radius 3 is 2.64 bits per heavy atom. The molecule has 0 aromatic heterocycles. The van der Waals surface area contributed by atoms with Crippen molar-refractivity contribution in [1.29, 1.82) is 0 Å². The number of benzene rings is 1. The normalized spacial score (nSPS) is 24.4. The number of hydrogen-bond acceptors (Lipinski definition) is 2. The largest absolute Gasteiger partial charge is 0.342 e. The zero-order valence-corrected chi connectivity index (χ0v) is 13.7. The average molecular weight is 300 g/mol. The molecule has 1 aromatic rings. The summed E-state index contributed by atoms with van der Waals surface area (Å²) in [6.07, 6.45) is 6.76. The molecule has 1 aliphatic heterocycles. The van der Waals surface area contributed by atoms with Crippen LogP contribution >= 0.6 is 0 Å². The van der Waals surface area contributed by atoms with Crippen molar-refractivity contribution in [2.24, 2.45) is 5.92 Å². The maximum atomic E-state index is 13.4. The second kappa shape index (κ2) is 6.82. The van der Waals surface area contributed by atoms with Gasteiger partial charge in [-0.1, -0.05) is 43.2 Å². The first-order chi connectivity index (χ1) is 10.8. The number of likely N-dealkylation sites (tertiary alicyclic amines) is 1. The molecule has 1 aromatic carbocycles. The molecular weight excluding hydrogens is 272 g/mol. The highest BCUT2D eigenvalue weighted by Crippen LogP contribution is 2.43. The third-order valence-electron chi connectivity index (χ3n) is 5.49. The van der Waals surface area contributed by atoms with Crippen LogP contribution in [-0.2, 0) is 10.2 Å². The van der Waals surface area contributed by atoms with Crippen LogP contribution in [0.1, 0.15) is 44.1 Å². The number of rotatable bonds is 4. The fraction of sp³-hybridized carbons (Fsp3) is 0.632. The van der Waals surface area contributed by atoms with Crippen LogP contribution in [0.4, 0.5) is 0 Å². The highest BCUT2D eigenvalue weighted by molar-refractivity contribution is 5.88. The molecule has 1 heterocycles. The van der Waals surface area contributed by atoms with E-state index in [2.05, 4.69) is 34.5 Å². The van der Waals surface area contributed by atoms with Gasteiger partial charge < -0.3 is 10.2 Å². The number of amides is 1. The Hall–Kier alpha value is -1.35. The molecule has 3 rings (SSSR count). The number of carbonyl (C=O) groups excluding carboxylic acids is 1. The minimum Gasteiger partial charge on any atom is -0.342 e. The molecule has 120 valence electrons. The highest BCUT2D eigenvalue weighted by atomic mass is 16.2. The average Bonchev–Trinajstić information content (AvgIpc) is 3.06. The fourth-order valence-electron chi connectivity index (χ4n) is 4.37. The summed E-state index contributed by atoms with van der Waals surface area (Å²) in [5.74, 6) is 0.994. The van der Waals surface area contributed by atoms with Crippen molar-refractivity contribution in [3.05, 3.63) is 35.9 Å². The van der Waals surface area contributed by atoms with E-state index in [1.165, 1.54) is 24.8 Å². The van der Waals surface area contributed by atoms with Gasteiger partial charge in [0.15, 0.2) is 0 Å². The van der Waals surface area contributed by atoms with Gasteiger partial charge in [-0.3, -0.25) is 4.79 Å². The van der Waals surface area contributed by atoms with Crippen molar-refractivity contribution in [3.8, 4) is 0 Å². The molecule has 1 N–H and O–H groups in total. The van der Waals surface area contributed by atoms with E-state index in [4.69, 9.17) is 0 Å². The molecule has 3 nitrogen and oxygen atoms in total. The number of carbonyl (C=O) groups is 1. The van der Waals surface area contributed by atoms with Crippen LogP contribution in [0.2, 0.25) is 0 Å². The standard InChI is InChI=1S/C19H28N2O/c1-20-14-16-8-7-13-21(15-16)18(22)19(11-5-6-12-19)17-9-3-2-4-10-17/h2-4,9-10,16,20H,5-8,11-15H2,1H3. The topological polar surface area (TPSA) is 32.3 Å². The third kappa shape index (κ3) is 2.91. The first-order valence-electron chi connectivity index (χ1n) is 8.76. The van der Waals surface area contributed by atoms with Gasteiger partial charge in [0, 0.05) is 13.1 Å². The maximum absolute atomic E-state index is 13.4. The fourth-order valence-corrected chi connectivity index (χ4v) is 4.37. The number of hydrogen-bond donors (Lipinski definition) is 1. The number of piperidine rings is 1. The third-order valence-corrected chi connectivity index (χ3v) is 5.49. The lowest BCUT2D eigenvalue weighted by molar-refractivity contribution is -0.139. The van der Waals surface area contributed by atoms with Crippen LogP contribution < -0.4 is 5.32 Å². The molecule has 0 spiro atoms. The molecule has 1 aliphatic carbocycles. The van der Waals surface area contributed by atoms with E-state index >= 15 is 0 Å². The summed E-state index contributed by atoms with van der Waals surface area (Å²) >= 11 is 0. The van der Waals surface area contributed by atoms with Gasteiger partial charge in [0.25, 0.3) is 0 Å². The Labute approximate surface area is 134 Å². The summed E-state index contributed by atoms with van der Waals surface area (Å²) in [6, 6.07) is 10.5. The van der Waals surface area contributed by atoms with E-state index in [0.29, 0.717) is 11.8 Å². The van der Waals surface area contributed by atoms with E-state index in [1.807, 2.05) is 13.1 Å². The van der Waals surface area contributed by atoms with Crippen molar-refractivity contribution < 1.29 is 4.79 Å². The predicted molar refractivity (Wildman–Crippen MR) is 89.8 cm³/mol. The molecule has 1 saturated heterocycles. The van der Waals surface area contributed by atoms with Crippen LogP contribution in [-0.4, -0.2) is 37.5 Å². The smallest absolute Gasteiger partial charge is 0.233 e. The van der Waals surface area contributed by atoms with Crippen LogP contribution in [0.25, 0.3) is 0 Å². The summed E-state index contributed by atoms with van der Waals surface area (Å²) in [6.45, 7) is 2.88. The van der Waals surface area contributed by atoms with E-state index in [1.54, 1.807) is 0 Å². The maximum Gasteiger partial charge on any atom is 0.233 e. The quantitative estimate of drug-likeness (QED) is 0.927. The van der Waals surface area contributed by atoms with Gasteiger partial charge in [0.2, 0.25) is 5.91 Å². The molecule has 1 amide bonds. The lowest BCUT2D eigenvalue weighted by Gasteiger charge is -2.39. The summed E-state index contributed by atoms with van der Waals surface area (Å²) in [5, 5.41) is 3.27. The first kappa shape index (κ1) is 15.5. The van der Waals surface area contributed by atoms with Gasteiger partial charge in [-0.15, -0.1) is 0 Å². The van der Waals surface area contributed by atoms with Gasteiger partial charge in [-0.05, 0) is 50.8 Å². The van der Waals surface area contributed by atoms with Crippen molar-refractivity contribution >= 4 is 5.91 Å². The van der Waals surface area contributed by atoms with E-state index in [-0.39, 0.29) is 5.41 Å². The zero-order chi connectivity index (χ0) is 15.4. The molecule has 1 saturated carbocycles. The van der Waals surface area contributed by atoms with Crippen LogP contribution in [0.15, 0.2) is 30.3 Å². The second-order valence-corrected chi connectivity index (χ2v) is 6.97. The van der Waals surface area contributed by atoms with Crippen molar-refractivity contribution in [2.45, 2.75) is 43.9 Å². The Morgan fingerprint density at radius 2 is 1.95 bits per heavy atom. The van der Waals surface area contributed by atoms with Gasteiger partial charge >= 0.3 is 0 Å². The van der Waals surface area contributed by atoms with E-state index in [9.17, 15) is 4.79 Å². The summed E-state index contributed by atoms with van der Waals surface area (Å²) in [7, 11) is 2.00. The lowest BCUT2D eigenvalue weighted by atomic mass is 9.77. The first-order valence-corrected chi connectivity index (χ1v) is 8.76. The number of nitrogens with one attached hydrogen (secondary N) is 1. The SMILES string of the molecule is CNCC1CCCN(C(=O)C2(c3ccccc3)CCCC2)C1. The summed E-state index contributed by atoms with van der Waals surface area (Å²) in [4.78, 5) is 15.5. The molecule has 22 heavy (non-hydrogen) atoms. The van der Waals surface area contributed by atoms with Crippen LogP contribution in [0.5, 0.6) is 0 Å². The van der Waals surface area contributed by atoms with Crippen molar-refractivity contribution in [3.63, 3.8) is 0 Å². The van der Waals surface area contributed by atoms with Gasteiger partial charge in [0.1, 0.15) is 0 Å². The van der Waals surface area contributed by atoms with Crippen molar-refractivity contribution in [2.75, 3.05) is 26.7 Å². The molecular formula is C19H28N2O. The zero-order valence-electron chi connectivity index (χ0n) is 13.7. The lowest BCUT2D eigenvalue weighted by Crippen LogP contribution is -2.50. The minimum absolute atomic E-state index is 0.247. The van der Waals surface area contributed by atoms with Gasteiger partial charge in [-0.25, -0.2) is 0 Å². The number of nitrogens with zero attached hydrogens (tertiary/aromatic N) is 1. The Bertz CT molecular complexity index is 491. The Balaban J connectivity index is 1.81. The van der Waals surface area contributed by atoms with Gasteiger partial charge in [0.05, 0.1) is 5.41 Å². The Morgan fingerprint density at radius 1 is 1.23 bits per heavy atom. The molecule has 0 radical (unpaired) electrons. The van der Waals surface area contributed by atoms with Crippen molar-refractivity contribution in [1.82, 2.24) is 10.2 Å². The highest BCUT2D eigenvalue weighted by Gasteiger charge is 2.45. The van der Waals surface area contributed by atoms with Crippen LogP contribution in [0.3, 0.4) is 0 Å². The second-order valence-electron chi connectivity index (χ2n) is 6.97. The summed E-state index contributed by atoms with van der Waals surface area (Å²) in [5.41, 5.74) is 0.983. The molecule has 1 unspecified atom stereocenters. The minimum atomic E-state index is -0.247. The van der Waals surface area contributed by atoms with Gasteiger partial charge in [-0.2, -0.15) is 0 Å². The Kier molecular flexibility index (Phi) is 4.82.